The van der Waals surface area contributed by atoms with Gasteiger partial charge in [-0.2, -0.15) is 0 Å². The summed E-state index contributed by atoms with van der Waals surface area (Å²) in [6, 6.07) is -0.566. The Morgan fingerprint density at radius 3 is 2.43 bits per heavy atom. The molecule has 0 radical (unpaired) electrons. The van der Waals surface area contributed by atoms with Gasteiger partial charge in [-0.15, -0.1) is 0 Å². The maximum atomic E-state index is 10.0. The predicted molar refractivity (Wildman–Crippen MR) is 26.8 cm³/mol. The quantitative estimate of drug-likeness (QED) is 0.423. The molecular formula is C3H6CuNOS. The van der Waals surface area contributed by atoms with Gasteiger partial charge in [0.1, 0.15) is 0 Å². The van der Waals surface area contributed by atoms with Crippen LogP contribution in [0.15, 0.2) is 0 Å². The van der Waals surface area contributed by atoms with Crippen LogP contribution in [0.25, 0.3) is 0 Å². The maximum absolute atomic E-state index is 10.0. The average Bonchev–Trinajstić information content (AvgIpc) is 1.65. The van der Waals surface area contributed by atoms with E-state index in [1.807, 2.05) is 0 Å². The normalized spacial score (nSPS) is 13.7. The molecule has 2 N–H and O–H groups in total. The van der Waals surface area contributed by atoms with Crippen LogP contribution >= 0.6 is 12.6 Å². The van der Waals surface area contributed by atoms with E-state index < -0.39 is 10.7 Å². The molecule has 0 heterocycles. The molecule has 2 nitrogen and oxygen atoms in total. The molecule has 0 aliphatic rings. The Labute approximate surface area is 56.1 Å². The van der Waals surface area contributed by atoms with Gasteiger partial charge in [0, 0.05) is 0 Å². The Morgan fingerprint density at radius 1 is 2.00 bits per heavy atom. The summed E-state index contributed by atoms with van der Waals surface area (Å²) in [6.07, 6.45) is 0. The van der Waals surface area contributed by atoms with Crippen LogP contribution < -0.4 is 5.73 Å². The van der Waals surface area contributed by atoms with E-state index in [1.165, 1.54) is 0 Å². The number of rotatable bonds is 2. The van der Waals surface area contributed by atoms with E-state index in [1.54, 1.807) is 0 Å². The predicted octanol–water partition coefficient (Wildman–Crippen LogP) is -0.683. The minimum atomic E-state index is -0.566. The summed E-state index contributed by atoms with van der Waals surface area (Å²) in [7, 11) is 0. The summed E-state index contributed by atoms with van der Waals surface area (Å²) in [5.41, 5.74) is 5.08. The van der Waals surface area contributed by atoms with E-state index >= 15 is 0 Å². The van der Waals surface area contributed by atoms with Crippen LogP contribution in [0.4, 0.5) is 0 Å². The third kappa shape index (κ3) is 3.11. The van der Waals surface area contributed by atoms with Crippen molar-refractivity contribution in [3.63, 3.8) is 0 Å². The summed E-state index contributed by atoms with van der Waals surface area (Å²) in [5.74, 6) is 0.330. The number of nitrogens with two attached hydrogens (primary N) is 1. The average molecular weight is 168 g/mol. The number of carbonyl (C=O) groups is 1. The fourth-order valence-corrected chi connectivity index (χ4v) is 0.452. The molecule has 0 fully saturated rings. The van der Waals surface area contributed by atoms with Crippen molar-refractivity contribution in [1.29, 1.82) is 0 Å². The molecule has 0 aromatic carbocycles. The van der Waals surface area contributed by atoms with Gasteiger partial charge < -0.3 is 0 Å². The first-order valence-electron chi connectivity index (χ1n) is 1.70. The monoisotopic (exact) mass is 167 g/mol. The number of hydrogen-bond acceptors (Lipinski definition) is 3. The van der Waals surface area contributed by atoms with E-state index in [4.69, 9.17) is 5.73 Å². The van der Waals surface area contributed by atoms with Crippen molar-refractivity contribution in [2.45, 2.75) is 6.04 Å². The fraction of sp³-hybridized carbons (Fsp3) is 0.667. The molecule has 0 unspecified atom stereocenters. The zero-order valence-corrected chi connectivity index (χ0v) is 5.35. The van der Waals surface area contributed by atoms with Crippen molar-refractivity contribution in [2.24, 2.45) is 5.73 Å². The summed E-state index contributed by atoms with van der Waals surface area (Å²) in [4.78, 5) is 10.0. The van der Waals surface area contributed by atoms with Gasteiger partial charge in [0.05, 0.1) is 0 Å². The van der Waals surface area contributed by atoms with Crippen molar-refractivity contribution in [1.82, 2.24) is 0 Å². The van der Waals surface area contributed by atoms with Gasteiger partial charge in [0.2, 0.25) is 0 Å². The van der Waals surface area contributed by atoms with Crippen LogP contribution in [0.2, 0.25) is 0 Å². The second-order valence-electron chi connectivity index (χ2n) is 1.06. The topological polar surface area (TPSA) is 43.1 Å². The summed E-state index contributed by atoms with van der Waals surface area (Å²) in [5, 5.41) is 0. The SMILES string of the molecule is N[C@@H](CS)[C](=O)[Cu]. The van der Waals surface area contributed by atoms with Gasteiger partial charge in [-0.1, -0.05) is 0 Å². The van der Waals surface area contributed by atoms with E-state index in [0.717, 1.165) is 0 Å². The molecule has 0 bridgehead atoms. The Morgan fingerprint density at radius 2 is 2.43 bits per heavy atom. The van der Waals surface area contributed by atoms with E-state index in [9.17, 15) is 4.79 Å². The number of thiol groups is 1. The van der Waals surface area contributed by atoms with Gasteiger partial charge in [0.25, 0.3) is 0 Å². The van der Waals surface area contributed by atoms with Crippen LogP contribution in [-0.4, -0.2) is 16.5 Å². The van der Waals surface area contributed by atoms with Gasteiger partial charge in [-0.3, -0.25) is 0 Å². The molecule has 0 aromatic heterocycles. The number of hydrogen-bond donors (Lipinski definition) is 2. The summed E-state index contributed by atoms with van der Waals surface area (Å²) >= 11 is 8.06. The molecule has 0 aliphatic carbocycles. The molecule has 0 aromatic rings. The van der Waals surface area contributed by atoms with E-state index in [2.05, 4.69) is 28.6 Å². The van der Waals surface area contributed by atoms with Gasteiger partial charge in [-0.25, -0.2) is 0 Å². The van der Waals surface area contributed by atoms with Crippen LogP contribution in [0.3, 0.4) is 0 Å². The third-order valence-corrected chi connectivity index (χ3v) is 1.20. The Bertz CT molecular complexity index is 77.3. The van der Waals surface area contributed by atoms with Crippen molar-refractivity contribution in [3.8, 4) is 0 Å². The molecule has 0 saturated heterocycles. The second-order valence-corrected chi connectivity index (χ2v) is 1.88. The van der Waals surface area contributed by atoms with E-state index in [0.29, 0.717) is 5.75 Å². The van der Waals surface area contributed by atoms with Crippen molar-refractivity contribution < 1.29 is 20.8 Å². The first-order valence-corrected chi connectivity index (χ1v) is 2.80. The zero-order valence-electron chi connectivity index (χ0n) is 3.52. The van der Waals surface area contributed by atoms with Gasteiger partial charge in [0.15, 0.2) is 0 Å². The van der Waals surface area contributed by atoms with Crippen LogP contribution in [0, 0.1) is 0 Å². The summed E-state index contributed by atoms with van der Waals surface area (Å²) in [6.45, 7) is 0. The fourth-order valence-electron chi connectivity index (χ4n) is 0.0648. The Kier molecular flexibility index (Phi) is 3.74. The summed E-state index contributed by atoms with van der Waals surface area (Å²) < 4.78 is -0.442. The van der Waals surface area contributed by atoms with E-state index in [-0.39, 0.29) is 0 Å². The van der Waals surface area contributed by atoms with Gasteiger partial charge in [-0.05, 0) is 0 Å². The van der Waals surface area contributed by atoms with Crippen molar-refractivity contribution in [2.75, 3.05) is 5.75 Å². The van der Waals surface area contributed by atoms with Crippen molar-refractivity contribution in [3.05, 3.63) is 0 Å². The molecule has 0 saturated carbocycles. The van der Waals surface area contributed by atoms with Gasteiger partial charge >= 0.3 is 55.6 Å². The standard InChI is InChI=1S/C3H6NOS.Cu/c4-3(1-5)2-6;/h3,6H,2,4H2;/t3-;/m1./s1. The van der Waals surface area contributed by atoms with Crippen molar-refractivity contribution >= 4 is 17.3 Å². The molecule has 0 aliphatic heterocycles. The van der Waals surface area contributed by atoms with Crippen LogP contribution in [0.1, 0.15) is 0 Å². The molecule has 0 rings (SSSR count). The first kappa shape index (κ1) is 7.50. The van der Waals surface area contributed by atoms with Crippen LogP contribution in [-0.2, 0) is 20.8 Å². The molecular weight excluding hydrogens is 162 g/mol. The molecule has 1 atom stereocenters. The molecule has 0 amide bonds. The molecule has 46 valence electrons. The molecule has 7 heavy (non-hydrogen) atoms. The molecule has 0 spiro atoms. The minimum absolute atomic E-state index is 0.330. The Hall–Kier alpha value is 0.499. The third-order valence-electron chi connectivity index (χ3n) is 0.460. The number of carbonyl (C=O) groups excluding carboxylic acids is 1. The zero-order chi connectivity index (χ0) is 5.86. The Balaban J connectivity index is 3.34. The first-order chi connectivity index (χ1) is 3.18. The van der Waals surface area contributed by atoms with Crippen LogP contribution in [0.5, 0.6) is 0 Å². The molecule has 4 heteroatoms. The second kappa shape index (κ2) is 3.50.